The summed E-state index contributed by atoms with van der Waals surface area (Å²) in [5.74, 6) is 0.244. The van der Waals surface area contributed by atoms with Crippen LogP contribution in [-0.2, 0) is 5.41 Å². The molecule has 1 atom stereocenters. The molecule has 1 aliphatic heterocycles. The Morgan fingerprint density at radius 1 is 1.33 bits per heavy atom. The number of nitrogens with zero attached hydrogens (tertiary/aromatic N) is 1. The molecule has 21 heavy (non-hydrogen) atoms. The average molecular weight is 288 g/mol. The van der Waals surface area contributed by atoms with Crippen LogP contribution in [0.5, 0.6) is 0 Å². The largest absolute Gasteiger partial charge is 0.396 e. The van der Waals surface area contributed by atoms with Crippen LogP contribution >= 0.6 is 0 Å². The van der Waals surface area contributed by atoms with E-state index in [-0.39, 0.29) is 24.0 Å². The summed E-state index contributed by atoms with van der Waals surface area (Å²) >= 11 is 0. The highest BCUT2D eigenvalue weighted by Gasteiger charge is 2.44. The van der Waals surface area contributed by atoms with E-state index < -0.39 is 0 Å². The van der Waals surface area contributed by atoms with Gasteiger partial charge in [-0.3, -0.25) is 0 Å². The fourth-order valence-electron chi connectivity index (χ4n) is 3.27. The van der Waals surface area contributed by atoms with E-state index in [0.717, 1.165) is 38.8 Å². The highest BCUT2D eigenvalue weighted by atomic mass is 16.3. The van der Waals surface area contributed by atoms with Gasteiger partial charge in [0, 0.05) is 31.7 Å². The Hall–Kier alpha value is -1.55. The van der Waals surface area contributed by atoms with Crippen LogP contribution in [-0.4, -0.2) is 42.3 Å². The summed E-state index contributed by atoms with van der Waals surface area (Å²) in [7, 11) is 0. The van der Waals surface area contributed by atoms with Crippen LogP contribution in [0.3, 0.4) is 0 Å². The van der Waals surface area contributed by atoms with Crippen molar-refractivity contribution in [1.29, 1.82) is 0 Å². The number of aliphatic hydroxyl groups excluding tert-OH is 1. The predicted octanol–water partition coefficient (Wildman–Crippen LogP) is 2.13. The van der Waals surface area contributed by atoms with Gasteiger partial charge in [0.2, 0.25) is 0 Å². The lowest BCUT2D eigenvalue weighted by molar-refractivity contribution is 0.129. The first-order chi connectivity index (χ1) is 10.2. The van der Waals surface area contributed by atoms with Crippen molar-refractivity contribution < 1.29 is 9.90 Å². The van der Waals surface area contributed by atoms with E-state index in [4.69, 9.17) is 0 Å². The van der Waals surface area contributed by atoms with Gasteiger partial charge in [0.25, 0.3) is 0 Å². The van der Waals surface area contributed by atoms with Crippen LogP contribution in [0.15, 0.2) is 30.3 Å². The Labute approximate surface area is 126 Å². The Morgan fingerprint density at radius 2 is 2.10 bits per heavy atom. The summed E-state index contributed by atoms with van der Waals surface area (Å²) < 4.78 is 0. The minimum atomic E-state index is 0.0235. The molecule has 1 aliphatic carbocycles. The van der Waals surface area contributed by atoms with Crippen molar-refractivity contribution in [2.24, 2.45) is 5.92 Å². The van der Waals surface area contributed by atoms with Crippen molar-refractivity contribution in [3.63, 3.8) is 0 Å². The van der Waals surface area contributed by atoms with Crippen molar-refractivity contribution in [3.05, 3.63) is 35.9 Å². The lowest BCUT2D eigenvalue weighted by Gasteiger charge is -2.32. The van der Waals surface area contributed by atoms with Crippen LogP contribution in [0.1, 0.15) is 31.2 Å². The number of aliphatic hydroxyl groups is 1. The minimum Gasteiger partial charge on any atom is -0.396 e. The molecule has 1 heterocycles. The van der Waals surface area contributed by atoms with Crippen molar-refractivity contribution in [3.8, 4) is 0 Å². The van der Waals surface area contributed by atoms with Crippen LogP contribution in [0.2, 0.25) is 0 Å². The molecule has 0 aromatic heterocycles. The third-order valence-electron chi connectivity index (χ3n) is 4.88. The zero-order valence-electron chi connectivity index (χ0n) is 12.4. The highest BCUT2D eigenvalue weighted by molar-refractivity contribution is 5.74. The third kappa shape index (κ3) is 3.21. The first-order valence-electron chi connectivity index (χ1n) is 7.93. The molecule has 1 saturated carbocycles. The molecule has 1 unspecified atom stereocenters. The molecule has 1 aromatic carbocycles. The van der Waals surface area contributed by atoms with Gasteiger partial charge >= 0.3 is 6.03 Å². The summed E-state index contributed by atoms with van der Waals surface area (Å²) in [6.45, 7) is 2.38. The SMILES string of the molecule is O=C(NCC1(c2ccccc2)CC1)N1CCCC(CO)C1. The molecule has 0 spiro atoms. The smallest absolute Gasteiger partial charge is 0.317 e. The van der Waals surface area contributed by atoms with Crippen molar-refractivity contribution in [1.82, 2.24) is 10.2 Å². The van der Waals surface area contributed by atoms with Crippen molar-refractivity contribution >= 4 is 6.03 Å². The normalized spacial score (nSPS) is 23.7. The lowest BCUT2D eigenvalue weighted by atomic mass is 9.96. The molecule has 2 aliphatic rings. The number of urea groups is 1. The summed E-state index contributed by atoms with van der Waals surface area (Å²) in [6, 6.07) is 10.5. The van der Waals surface area contributed by atoms with E-state index in [1.165, 1.54) is 5.56 Å². The average Bonchev–Trinajstić information content (AvgIpc) is 3.35. The molecule has 114 valence electrons. The van der Waals surface area contributed by atoms with Crippen LogP contribution in [0.4, 0.5) is 4.79 Å². The zero-order chi connectivity index (χ0) is 14.7. The fourth-order valence-corrected chi connectivity index (χ4v) is 3.27. The standard InChI is InChI=1S/C17H24N2O2/c20-12-14-5-4-10-19(11-14)16(21)18-13-17(8-9-17)15-6-2-1-3-7-15/h1-3,6-7,14,20H,4-5,8-13H2,(H,18,21). The molecular formula is C17H24N2O2. The molecule has 3 rings (SSSR count). The number of nitrogens with one attached hydrogen (secondary N) is 1. The van der Waals surface area contributed by atoms with Gasteiger partial charge in [0.1, 0.15) is 0 Å². The minimum absolute atomic E-state index is 0.0235. The van der Waals surface area contributed by atoms with E-state index in [1.807, 2.05) is 11.0 Å². The second-order valence-corrected chi connectivity index (χ2v) is 6.44. The summed E-state index contributed by atoms with van der Waals surface area (Å²) in [5.41, 5.74) is 1.49. The summed E-state index contributed by atoms with van der Waals surface area (Å²) in [4.78, 5) is 14.2. The van der Waals surface area contributed by atoms with Gasteiger partial charge in [-0.05, 0) is 37.2 Å². The van der Waals surface area contributed by atoms with Crippen LogP contribution in [0, 0.1) is 5.92 Å². The van der Waals surface area contributed by atoms with Gasteiger partial charge in [-0.2, -0.15) is 0 Å². The second kappa shape index (κ2) is 6.06. The molecule has 1 saturated heterocycles. The van der Waals surface area contributed by atoms with Crippen LogP contribution < -0.4 is 5.32 Å². The number of carbonyl (C=O) groups is 1. The molecule has 2 N–H and O–H groups in total. The zero-order valence-corrected chi connectivity index (χ0v) is 12.4. The van der Waals surface area contributed by atoms with Crippen molar-refractivity contribution in [2.75, 3.05) is 26.2 Å². The van der Waals surface area contributed by atoms with Gasteiger partial charge in [0.05, 0.1) is 0 Å². The number of rotatable bonds is 4. The maximum atomic E-state index is 12.3. The molecular weight excluding hydrogens is 264 g/mol. The van der Waals surface area contributed by atoms with Crippen molar-refractivity contribution in [2.45, 2.75) is 31.1 Å². The summed E-state index contributed by atoms with van der Waals surface area (Å²) in [6.07, 6.45) is 4.31. The lowest BCUT2D eigenvalue weighted by Crippen LogP contribution is -2.47. The third-order valence-corrected chi connectivity index (χ3v) is 4.88. The molecule has 0 radical (unpaired) electrons. The van der Waals surface area contributed by atoms with E-state index in [0.29, 0.717) is 6.54 Å². The monoisotopic (exact) mass is 288 g/mol. The number of benzene rings is 1. The Bertz CT molecular complexity index is 485. The number of piperidine rings is 1. The highest BCUT2D eigenvalue weighted by Crippen LogP contribution is 2.47. The van der Waals surface area contributed by atoms with E-state index >= 15 is 0 Å². The molecule has 4 heteroatoms. The Morgan fingerprint density at radius 3 is 2.76 bits per heavy atom. The van der Waals surface area contributed by atoms with Gasteiger partial charge in [-0.15, -0.1) is 0 Å². The topological polar surface area (TPSA) is 52.6 Å². The summed E-state index contributed by atoms with van der Waals surface area (Å²) in [5, 5.41) is 12.4. The van der Waals surface area contributed by atoms with E-state index in [2.05, 4.69) is 29.6 Å². The number of hydrogen-bond donors (Lipinski definition) is 2. The predicted molar refractivity (Wildman–Crippen MR) is 82.1 cm³/mol. The quantitative estimate of drug-likeness (QED) is 0.892. The number of likely N-dealkylation sites (tertiary alicyclic amines) is 1. The first-order valence-corrected chi connectivity index (χ1v) is 7.93. The molecule has 0 bridgehead atoms. The molecule has 1 aromatic rings. The van der Waals surface area contributed by atoms with Gasteiger partial charge in [0.15, 0.2) is 0 Å². The fraction of sp³-hybridized carbons (Fsp3) is 0.588. The maximum Gasteiger partial charge on any atom is 0.317 e. The number of hydrogen-bond acceptors (Lipinski definition) is 2. The van der Waals surface area contributed by atoms with E-state index in [1.54, 1.807) is 0 Å². The maximum absolute atomic E-state index is 12.3. The van der Waals surface area contributed by atoms with Gasteiger partial charge in [-0.1, -0.05) is 30.3 Å². The molecule has 2 amide bonds. The van der Waals surface area contributed by atoms with Crippen LogP contribution in [0.25, 0.3) is 0 Å². The van der Waals surface area contributed by atoms with E-state index in [9.17, 15) is 9.90 Å². The second-order valence-electron chi connectivity index (χ2n) is 6.44. The van der Waals surface area contributed by atoms with Gasteiger partial charge in [-0.25, -0.2) is 4.79 Å². The first kappa shape index (κ1) is 14.4. The molecule has 4 nitrogen and oxygen atoms in total. The Balaban J connectivity index is 1.54. The van der Waals surface area contributed by atoms with Gasteiger partial charge < -0.3 is 15.3 Å². The number of carbonyl (C=O) groups excluding carboxylic acids is 1. The number of amides is 2. The molecule has 2 fully saturated rings. The Kier molecular flexibility index (Phi) is 4.15.